The first-order valence-electron chi connectivity index (χ1n) is 12.3. The molecular weight excluding hydrogens is 418 g/mol. The van der Waals surface area contributed by atoms with Gasteiger partial charge in [0.1, 0.15) is 6.04 Å². The molecule has 0 aromatic heterocycles. The minimum atomic E-state index is -0.689. The van der Waals surface area contributed by atoms with Crippen LogP contribution in [0.4, 0.5) is 0 Å². The van der Waals surface area contributed by atoms with Gasteiger partial charge in [0.2, 0.25) is 11.8 Å². The van der Waals surface area contributed by atoms with Gasteiger partial charge in [-0.1, -0.05) is 60.0 Å². The van der Waals surface area contributed by atoms with Crippen LogP contribution in [0.3, 0.4) is 0 Å². The van der Waals surface area contributed by atoms with Gasteiger partial charge in [-0.2, -0.15) is 0 Å². The topological polar surface area (TPSA) is 79.0 Å². The van der Waals surface area contributed by atoms with E-state index >= 15 is 0 Å². The molecule has 1 aliphatic rings. The van der Waals surface area contributed by atoms with Crippen LogP contribution in [0.5, 0.6) is 0 Å². The van der Waals surface area contributed by atoms with Crippen molar-refractivity contribution in [2.24, 2.45) is 11.3 Å². The van der Waals surface area contributed by atoms with Crippen LogP contribution < -0.4 is 5.32 Å². The molecule has 7 heteroatoms. The summed E-state index contributed by atoms with van der Waals surface area (Å²) in [6, 6.07) is -0.993. The maximum atomic E-state index is 13.8. The number of rotatable bonds is 9. The van der Waals surface area contributed by atoms with Crippen molar-refractivity contribution in [3.8, 4) is 0 Å². The minimum absolute atomic E-state index is 0.0751. The second-order valence-electron chi connectivity index (χ2n) is 11.0. The summed E-state index contributed by atoms with van der Waals surface area (Å²) in [6.07, 6.45) is 6.53. The Bertz CT molecular complexity index is 716. The van der Waals surface area contributed by atoms with E-state index in [-0.39, 0.29) is 29.7 Å². The molecule has 2 atom stereocenters. The van der Waals surface area contributed by atoms with Gasteiger partial charge in [-0.15, -0.1) is 0 Å². The van der Waals surface area contributed by atoms with E-state index < -0.39 is 17.0 Å². The van der Waals surface area contributed by atoms with Gasteiger partial charge >= 0.3 is 5.97 Å². The molecule has 190 valence electrons. The third kappa shape index (κ3) is 7.29. The quantitative estimate of drug-likeness (QED) is 0.414. The molecule has 2 amide bonds. The fourth-order valence-electron chi connectivity index (χ4n) is 4.60. The molecule has 1 rings (SSSR count). The number of hydrogen-bond acceptors (Lipinski definition) is 5. The van der Waals surface area contributed by atoms with Gasteiger partial charge in [0.25, 0.3) is 0 Å². The Morgan fingerprint density at radius 3 is 2.03 bits per heavy atom. The molecule has 1 saturated carbocycles. The number of nitrogens with zero attached hydrogens (tertiary/aromatic N) is 2. The molecule has 0 saturated heterocycles. The molecule has 0 spiro atoms. The Labute approximate surface area is 201 Å². The van der Waals surface area contributed by atoms with E-state index in [1.165, 1.54) is 0 Å². The molecule has 0 aliphatic heterocycles. The highest BCUT2D eigenvalue weighted by molar-refractivity contribution is 5.93. The molecule has 7 nitrogen and oxygen atoms in total. The zero-order valence-corrected chi connectivity index (χ0v) is 22.6. The first-order valence-corrected chi connectivity index (χ1v) is 12.3. The smallest absolute Gasteiger partial charge is 0.333 e. The van der Waals surface area contributed by atoms with Crippen molar-refractivity contribution in [2.45, 2.75) is 98.2 Å². The molecule has 0 aromatic rings. The van der Waals surface area contributed by atoms with E-state index in [0.29, 0.717) is 12.2 Å². The summed E-state index contributed by atoms with van der Waals surface area (Å²) in [5, 5.41) is 3.14. The summed E-state index contributed by atoms with van der Waals surface area (Å²) in [6.45, 7) is 13.7. The summed E-state index contributed by atoms with van der Waals surface area (Å²) in [5.41, 5.74) is -0.594. The monoisotopic (exact) mass is 465 g/mol. The number of hydrogen-bond donors (Lipinski definition) is 1. The van der Waals surface area contributed by atoms with Crippen molar-refractivity contribution in [3.63, 3.8) is 0 Å². The number of carbonyl (C=O) groups is 3. The largest absolute Gasteiger partial charge is 0.463 e. The van der Waals surface area contributed by atoms with Gasteiger partial charge in [-0.25, -0.2) is 4.79 Å². The molecule has 0 radical (unpaired) electrons. The number of nitrogens with one attached hydrogen (secondary N) is 1. The van der Waals surface area contributed by atoms with E-state index in [4.69, 9.17) is 4.74 Å². The zero-order chi connectivity index (χ0) is 25.6. The van der Waals surface area contributed by atoms with E-state index in [1.807, 2.05) is 53.6 Å². The molecule has 0 heterocycles. The second-order valence-corrected chi connectivity index (χ2v) is 11.0. The summed E-state index contributed by atoms with van der Waals surface area (Å²) >= 11 is 0. The van der Waals surface area contributed by atoms with Crippen molar-refractivity contribution in [1.29, 1.82) is 0 Å². The predicted molar refractivity (Wildman–Crippen MR) is 133 cm³/mol. The Morgan fingerprint density at radius 2 is 1.61 bits per heavy atom. The molecule has 0 aromatic carbocycles. The highest BCUT2D eigenvalue weighted by Gasteiger charge is 2.45. The second kappa shape index (κ2) is 12.0. The summed E-state index contributed by atoms with van der Waals surface area (Å²) in [4.78, 5) is 43.2. The highest BCUT2D eigenvalue weighted by Crippen LogP contribution is 2.33. The van der Waals surface area contributed by atoms with Crippen LogP contribution in [0.2, 0.25) is 0 Å². The van der Waals surface area contributed by atoms with Crippen molar-refractivity contribution in [1.82, 2.24) is 15.1 Å². The Kier molecular flexibility index (Phi) is 10.6. The van der Waals surface area contributed by atoms with Gasteiger partial charge in [-0.05, 0) is 52.1 Å². The first kappa shape index (κ1) is 29.1. The van der Waals surface area contributed by atoms with Crippen LogP contribution in [0.15, 0.2) is 11.6 Å². The predicted octanol–water partition coefficient (Wildman–Crippen LogP) is 3.77. The van der Waals surface area contributed by atoms with Crippen LogP contribution in [-0.4, -0.2) is 73.0 Å². The number of likely N-dealkylation sites (N-methyl/N-ethyl adjacent to an activating group) is 2. The van der Waals surface area contributed by atoms with Crippen LogP contribution in [-0.2, 0) is 19.1 Å². The Hall–Kier alpha value is -1.89. The third-order valence-corrected chi connectivity index (χ3v) is 6.84. The lowest BCUT2D eigenvalue weighted by molar-refractivity contribution is -0.144. The van der Waals surface area contributed by atoms with Gasteiger partial charge in [0.15, 0.2) is 0 Å². The van der Waals surface area contributed by atoms with E-state index in [1.54, 1.807) is 31.9 Å². The molecule has 0 bridgehead atoms. The summed E-state index contributed by atoms with van der Waals surface area (Å²) in [5.74, 6) is -0.540. The third-order valence-electron chi connectivity index (χ3n) is 6.84. The normalized spacial score (nSPS) is 18.6. The maximum Gasteiger partial charge on any atom is 0.333 e. The van der Waals surface area contributed by atoms with Crippen LogP contribution >= 0.6 is 0 Å². The van der Waals surface area contributed by atoms with E-state index in [2.05, 4.69) is 5.32 Å². The fourth-order valence-corrected chi connectivity index (χ4v) is 4.60. The lowest BCUT2D eigenvalue weighted by Crippen LogP contribution is -2.63. The minimum Gasteiger partial charge on any atom is -0.463 e. The van der Waals surface area contributed by atoms with Gasteiger partial charge in [0, 0.05) is 12.6 Å². The molecule has 1 fully saturated rings. The lowest BCUT2D eigenvalue weighted by Gasteiger charge is -2.44. The van der Waals surface area contributed by atoms with Crippen molar-refractivity contribution >= 4 is 17.8 Å². The van der Waals surface area contributed by atoms with Crippen LogP contribution in [0.25, 0.3) is 0 Å². The number of esters is 1. The summed E-state index contributed by atoms with van der Waals surface area (Å²) < 4.78 is 5.11. The van der Waals surface area contributed by atoms with Crippen LogP contribution in [0, 0.1) is 11.3 Å². The Morgan fingerprint density at radius 1 is 1.06 bits per heavy atom. The van der Waals surface area contributed by atoms with Gasteiger partial charge in [-0.3, -0.25) is 14.5 Å². The average molecular weight is 466 g/mol. The lowest BCUT2D eigenvalue weighted by atomic mass is 9.78. The average Bonchev–Trinajstić information content (AvgIpc) is 2.73. The molecule has 1 aliphatic carbocycles. The van der Waals surface area contributed by atoms with E-state index in [0.717, 1.165) is 32.1 Å². The van der Waals surface area contributed by atoms with Crippen molar-refractivity contribution in [2.75, 3.05) is 27.7 Å². The SMILES string of the molecule is CCOC(=O)C(C)=C[C@H](C(C)C)N(C)C(=O)[C@@H](NC(=O)C1(N(C)C)CCCCC1)C(C)(C)C. The maximum absolute atomic E-state index is 13.8. The zero-order valence-electron chi connectivity index (χ0n) is 22.6. The van der Waals surface area contributed by atoms with Crippen molar-refractivity contribution in [3.05, 3.63) is 11.6 Å². The van der Waals surface area contributed by atoms with E-state index in [9.17, 15) is 14.4 Å². The van der Waals surface area contributed by atoms with Crippen LogP contribution in [0.1, 0.15) is 80.6 Å². The molecular formula is C26H47N3O4. The van der Waals surface area contributed by atoms with Crippen molar-refractivity contribution < 1.29 is 19.1 Å². The summed E-state index contributed by atoms with van der Waals surface area (Å²) in [7, 11) is 5.64. The molecule has 1 N–H and O–H groups in total. The molecule has 33 heavy (non-hydrogen) atoms. The highest BCUT2D eigenvalue weighted by atomic mass is 16.5. The number of ether oxygens (including phenoxy) is 1. The Balaban J connectivity index is 3.23. The fraction of sp³-hybridized carbons (Fsp3) is 0.808. The number of carbonyl (C=O) groups excluding carboxylic acids is 3. The molecule has 0 unspecified atom stereocenters. The van der Waals surface area contributed by atoms with Gasteiger partial charge in [0.05, 0.1) is 18.2 Å². The standard InChI is InChI=1S/C26H47N3O4/c1-11-33-23(31)19(4)17-20(18(2)3)29(10)22(30)21(25(5,6)7)27-24(32)26(28(8)9)15-13-12-14-16-26/h17-18,20-21H,11-16H2,1-10H3,(H,27,32)/t20-,21-/m1/s1. The van der Waals surface area contributed by atoms with Gasteiger partial charge < -0.3 is 15.0 Å². The first-order chi connectivity index (χ1) is 15.2. The number of amides is 2.